The normalized spacial score (nSPS) is 18.2. The summed E-state index contributed by atoms with van der Waals surface area (Å²) in [6, 6.07) is 26.2. The van der Waals surface area contributed by atoms with Crippen LogP contribution in [0.15, 0.2) is 113 Å². The topological polar surface area (TPSA) is 130 Å². The summed E-state index contributed by atoms with van der Waals surface area (Å²) < 4.78 is 81.1. The summed E-state index contributed by atoms with van der Waals surface area (Å²) >= 11 is 4.44. The molecule has 0 radical (unpaired) electrons. The quantitative estimate of drug-likeness (QED) is 0.0174. The Bertz CT molecular complexity index is 2270. The number of allylic oxidation sites excluding steroid dienone is 2. The van der Waals surface area contributed by atoms with Crippen LogP contribution in [0.3, 0.4) is 0 Å². The number of thiocarbonyl (C=S) groups is 1. The lowest BCUT2D eigenvalue weighted by molar-refractivity contribution is -0.0932. The van der Waals surface area contributed by atoms with Crippen LogP contribution in [0.25, 0.3) is 4.85 Å². The van der Waals surface area contributed by atoms with E-state index in [4.69, 9.17) is 34.6 Å². The Morgan fingerprint density at radius 2 is 1.53 bits per heavy atom. The number of aromatic nitrogens is 2. The molecule has 1 aliphatic heterocycles. The Labute approximate surface area is 391 Å². The van der Waals surface area contributed by atoms with Crippen molar-refractivity contribution in [3.05, 3.63) is 152 Å². The van der Waals surface area contributed by atoms with Crippen molar-refractivity contribution in [2.75, 3.05) is 40.5 Å². The minimum atomic E-state index is -4.58. The van der Waals surface area contributed by atoms with Crippen LogP contribution in [0, 0.1) is 12.5 Å². The SMILES string of the molecule is [C-]#[N+]CCOP(O[C@@H]1C(C/C=C/CCCCNC(=S)C(F)(F)F)[C@H](n2ccc(=O)[nH]c2=O)O[C@@H]1COC(c1ccccc1)(c1ccc(OC)cc1)c1ccc(OC)cc1)N(C(C)C)C(C)C. The third-order valence-corrected chi connectivity index (χ3v) is 13.5. The second-order valence-electron chi connectivity index (χ2n) is 16.1. The molecule has 66 heavy (non-hydrogen) atoms. The molecule has 2 N–H and O–H groups in total. The third-order valence-electron chi connectivity index (χ3n) is 11.0. The van der Waals surface area contributed by atoms with Gasteiger partial charge in [-0.25, -0.2) is 16.0 Å². The van der Waals surface area contributed by atoms with E-state index in [0.717, 1.165) is 16.7 Å². The summed E-state index contributed by atoms with van der Waals surface area (Å²) in [6.45, 7) is 15.8. The van der Waals surface area contributed by atoms with Crippen molar-refractivity contribution in [1.29, 1.82) is 0 Å². The van der Waals surface area contributed by atoms with E-state index in [1.807, 2.05) is 119 Å². The maximum Gasteiger partial charge on any atom is 0.441 e. The predicted octanol–water partition coefficient (Wildman–Crippen LogP) is 9.34. The zero-order valence-corrected chi connectivity index (χ0v) is 39.7. The number of nitrogens with one attached hydrogen (secondary N) is 2. The minimum Gasteiger partial charge on any atom is -0.497 e. The van der Waals surface area contributed by atoms with Gasteiger partial charge < -0.3 is 38.2 Å². The zero-order valence-electron chi connectivity index (χ0n) is 38.0. The van der Waals surface area contributed by atoms with Gasteiger partial charge in [0, 0.05) is 36.8 Å². The first-order valence-corrected chi connectivity index (χ1v) is 23.3. The monoisotopic (exact) mass is 953 g/mol. The molecule has 2 heterocycles. The van der Waals surface area contributed by atoms with Crippen LogP contribution in [0.2, 0.25) is 0 Å². The fourth-order valence-corrected chi connectivity index (χ4v) is 9.86. The molecular weight excluding hydrogens is 895 g/mol. The molecule has 3 aromatic carbocycles. The fourth-order valence-electron chi connectivity index (χ4n) is 7.96. The van der Waals surface area contributed by atoms with Crippen LogP contribution in [-0.4, -0.2) is 90.2 Å². The largest absolute Gasteiger partial charge is 0.497 e. The number of unbranched alkanes of at least 4 members (excludes halogenated alkanes) is 2. The van der Waals surface area contributed by atoms with Crippen molar-refractivity contribution in [2.24, 2.45) is 5.92 Å². The number of methoxy groups -OCH3 is 2. The van der Waals surface area contributed by atoms with E-state index in [0.29, 0.717) is 37.2 Å². The molecule has 18 heteroatoms. The predicted molar refractivity (Wildman–Crippen MR) is 253 cm³/mol. The van der Waals surface area contributed by atoms with E-state index < -0.39 is 60.9 Å². The molecule has 0 aliphatic carbocycles. The van der Waals surface area contributed by atoms with Gasteiger partial charge in [-0.15, -0.1) is 0 Å². The van der Waals surface area contributed by atoms with Gasteiger partial charge >= 0.3 is 11.9 Å². The van der Waals surface area contributed by atoms with Crippen LogP contribution in [-0.2, 0) is 24.1 Å². The van der Waals surface area contributed by atoms with Crippen LogP contribution in [0.1, 0.15) is 76.3 Å². The molecule has 0 spiro atoms. The smallest absolute Gasteiger partial charge is 0.441 e. The molecule has 5 rings (SSSR count). The molecule has 0 amide bonds. The second kappa shape index (κ2) is 24.7. The number of H-pyrrole nitrogens is 1. The van der Waals surface area contributed by atoms with Crippen molar-refractivity contribution in [3.63, 3.8) is 0 Å². The highest BCUT2D eigenvalue weighted by Crippen LogP contribution is 2.52. The number of hydrogen-bond acceptors (Lipinski definition) is 10. The number of ether oxygens (including phenoxy) is 4. The highest BCUT2D eigenvalue weighted by molar-refractivity contribution is 7.80. The van der Waals surface area contributed by atoms with E-state index in [-0.39, 0.29) is 38.4 Å². The van der Waals surface area contributed by atoms with Crippen LogP contribution >= 0.6 is 20.7 Å². The standard InChI is InChI=1S/C48H59F3N5O8PS/c1-33(2)56(34(3)4)65(62-31-29-52-5)64-43-40(18-14-9-8-10-15-28-53-45(66)48(49,50)51)44(55-30-27-42(57)54-46(55)58)63-41(43)32-61-47(35-16-12-11-13-17-35,36-19-23-38(59-6)24-20-36)37-21-25-39(60-7)26-22-37/h9,11-14,16-17,19-27,30,33-34,40-41,43-44H,8,10,15,18,28-29,31-32H2,1-4,6-7H3,(H,53,66)(H,54,57,58)/b14-9+/t40?,41-,43-,44-,65?/m1/s1. The number of benzene rings is 3. The van der Waals surface area contributed by atoms with Crippen LogP contribution in [0.4, 0.5) is 13.2 Å². The van der Waals surface area contributed by atoms with Crippen LogP contribution < -0.4 is 26.0 Å². The second-order valence-corrected chi connectivity index (χ2v) is 17.9. The Balaban J connectivity index is 1.61. The van der Waals surface area contributed by atoms with Gasteiger partial charge in [0.2, 0.25) is 6.54 Å². The zero-order chi connectivity index (χ0) is 47.9. The molecular formula is C48H59F3N5O8PS. The van der Waals surface area contributed by atoms with Gasteiger partial charge in [-0.05, 0) is 94.3 Å². The average molecular weight is 954 g/mol. The van der Waals surface area contributed by atoms with Crippen molar-refractivity contribution < 1.29 is 41.2 Å². The first-order chi connectivity index (χ1) is 31.6. The maximum absolute atomic E-state index is 13.6. The summed E-state index contributed by atoms with van der Waals surface area (Å²) in [6.07, 6.45) is -0.0155. The molecule has 13 nitrogen and oxygen atoms in total. The van der Waals surface area contributed by atoms with Gasteiger partial charge in [-0.1, -0.05) is 79.0 Å². The number of nitrogens with zero attached hydrogens (tertiary/aromatic N) is 3. The molecule has 2 unspecified atom stereocenters. The lowest BCUT2D eigenvalue weighted by atomic mass is 9.80. The molecule has 1 fully saturated rings. The molecule has 1 aromatic heterocycles. The molecule has 0 bridgehead atoms. The van der Waals surface area contributed by atoms with Crippen molar-refractivity contribution in [1.82, 2.24) is 19.5 Å². The van der Waals surface area contributed by atoms with Crippen molar-refractivity contribution in [2.45, 2.75) is 95.7 Å². The summed E-state index contributed by atoms with van der Waals surface area (Å²) in [4.78, 5) is 30.7. The first kappa shape index (κ1) is 52.1. The Kier molecular flexibility index (Phi) is 19.5. The highest BCUT2D eigenvalue weighted by Gasteiger charge is 2.50. The van der Waals surface area contributed by atoms with Gasteiger partial charge in [0.25, 0.3) is 14.1 Å². The van der Waals surface area contributed by atoms with Gasteiger partial charge in [0.05, 0.1) is 20.8 Å². The molecule has 356 valence electrons. The van der Waals surface area contributed by atoms with E-state index in [2.05, 4.69) is 32.0 Å². The molecule has 5 atom stereocenters. The van der Waals surface area contributed by atoms with Gasteiger partial charge in [-0.3, -0.25) is 14.3 Å². The number of hydrogen-bond donors (Lipinski definition) is 2. The molecule has 0 saturated carbocycles. The average Bonchev–Trinajstić information content (AvgIpc) is 3.63. The lowest BCUT2D eigenvalue weighted by Crippen LogP contribution is -2.41. The van der Waals surface area contributed by atoms with E-state index in [9.17, 15) is 22.8 Å². The molecule has 4 aromatic rings. The maximum atomic E-state index is 13.6. The van der Waals surface area contributed by atoms with E-state index in [1.54, 1.807) is 14.2 Å². The fraction of sp³-hybridized carbons (Fsp3) is 0.458. The lowest BCUT2D eigenvalue weighted by Gasteiger charge is -2.39. The van der Waals surface area contributed by atoms with Crippen molar-refractivity contribution >= 4 is 25.7 Å². The highest BCUT2D eigenvalue weighted by atomic mass is 32.1. The summed E-state index contributed by atoms with van der Waals surface area (Å²) in [5, 5.41) is 2.27. The number of alkyl halides is 3. The van der Waals surface area contributed by atoms with Gasteiger partial charge in [0.1, 0.15) is 42.1 Å². The van der Waals surface area contributed by atoms with Crippen LogP contribution in [0.5, 0.6) is 11.5 Å². The van der Waals surface area contributed by atoms with Gasteiger partial charge in [-0.2, -0.15) is 13.2 Å². The van der Waals surface area contributed by atoms with E-state index in [1.165, 1.54) is 16.8 Å². The number of halogens is 3. The van der Waals surface area contributed by atoms with Gasteiger partial charge in [0.15, 0.2) is 4.99 Å². The number of rotatable bonds is 24. The van der Waals surface area contributed by atoms with Crippen molar-refractivity contribution in [3.8, 4) is 11.5 Å². The minimum absolute atomic E-state index is 0.0344. The summed E-state index contributed by atoms with van der Waals surface area (Å²) in [5.74, 6) is 0.733. The Morgan fingerprint density at radius 1 is 0.924 bits per heavy atom. The third kappa shape index (κ3) is 13.4. The first-order valence-electron chi connectivity index (χ1n) is 21.8. The van der Waals surface area contributed by atoms with E-state index >= 15 is 0 Å². The number of aromatic amines is 1. The summed E-state index contributed by atoms with van der Waals surface area (Å²) in [5.41, 5.74) is -0.106. The molecule has 1 aliphatic rings. The Hall–Kier alpha value is -4.92. The summed E-state index contributed by atoms with van der Waals surface area (Å²) in [7, 11) is 1.36. The molecule has 1 saturated heterocycles. The Morgan fingerprint density at radius 3 is 2.08 bits per heavy atom.